The van der Waals surface area contributed by atoms with Gasteiger partial charge in [0.15, 0.2) is 0 Å². The first-order valence-electron chi connectivity index (χ1n) is 8.62. The molecule has 0 aliphatic heterocycles. The molecular formula is C23H15BrN2O2. The van der Waals surface area contributed by atoms with Crippen molar-refractivity contribution in [2.75, 3.05) is 7.11 Å². The van der Waals surface area contributed by atoms with Crippen molar-refractivity contribution in [1.29, 1.82) is 5.26 Å². The Kier molecular flexibility index (Phi) is 4.72. The van der Waals surface area contributed by atoms with Crippen LogP contribution in [0.3, 0.4) is 0 Å². The van der Waals surface area contributed by atoms with Crippen LogP contribution in [-0.2, 0) is 0 Å². The minimum absolute atomic E-state index is 0.194. The molecule has 136 valence electrons. The van der Waals surface area contributed by atoms with E-state index >= 15 is 0 Å². The van der Waals surface area contributed by atoms with Crippen molar-refractivity contribution in [2.24, 2.45) is 0 Å². The molecule has 0 spiro atoms. The highest BCUT2D eigenvalue weighted by Gasteiger charge is 2.18. The van der Waals surface area contributed by atoms with Crippen LogP contribution in [0.5, 0.6) is 5.75 Å². The number of aromatic nitrogens is 1. The zero-order chi connectivity index (χ0) is 19.7. The van der Waals surface area contributed by atoms with Crippen LogP contribution < -0.4 is 10.3 Å². The number of methoxy groups -OCH3 is 1. The molecule has 0 amide bonds. The Hall–Kier alpha value is -3.36. The Morgan fingerprint density at radius 3 is 2.43 bits per heavy atom. The van der Waals surface area contributed by atoms with E-state index < -0.39 is 0 Å². The van der Waals surface area contributed by atoms with E-state index in [1.165, 1.54) is 0 Å². The quantitative estimate of drug-likeness (QED) is 0.466. The van der Waals surface area contributed by atoms with Crippen LogP contribution in [0.4, 0.5) is 0 Å². The molecule has 0 saturated heterocycles. The van der Waals surface area contributed by atoms with Gasteiger partial charge in [-0.2, -0.15) is 5.26 Å². The Bertz CT molecular complexity index is 1290. The summed E-state index contributed by atoms with van der Waals surface area (Å²) in [5, 5.41) is 10.2. The minimum Gasteiger partial charge on any atom is -0.495 e. The van der Waals surface area contributed by atoms with Crippen LogP contribution >= 0.6 is 15.9 Å². The van der Waals surface area contributed by atoms with Gasteiger partial charge >= 0.3 is 0 Å². The molecule has 0 aliphatic rings. The number of nitriles is 1. The topological polar surface area (TPSA) is 65.9 Å². The average Bonchev–Trinajstić information content (AvgIpc) is 2.73. The zero-order valence-electron chi connectivity index (χ0n) is 15.0. The van der Waals surface area contributed by atoms with E-state index in [4.69, 9.17) is 4.74 Å². The van der Waals surface area contributed by atoms with E-state index in [-0.39, 0.29) is 5.56 Å². The number of hydrogen-bond donors (Lipinski definition) is 1. The summed E-state index contributed by atoms with van der Waals surface area (Å²) < 4.78 is 6.16. The molecule has 0 radical (unpaired) electrons. The molecule has 0 atom stereocenters. The standard InChI is InChI=1S/C23H15BrN2O2/c1-28-20-12-19-17(11-18(20)24)21(16-9-5-6-14(10-16)13-25)22(23(27)26-19)15-7-3-2-4-8-15/h2-12H,1H3,(H,26,27). The first kappa shape index (κ1) is 18.0. The van der Waals surface area contributed by atoms with Crippen molar-refractivity contribution >= 4 is 26.8 Å². The first-order valence-corrected chi connectivity index (χ1v) is 9.41. The van der Waals surface area contributed by atoms with Crippen LogP contribution in [0, 0.1) is 11.3 Å². The summed E-state index contributed by atoms with van der Waals surface area (Å²) in [5.41, 5.74) is 3.99. The molecule has 0 unspecified atom stereocenters. The number of ether oxygens (including phenoxy) is 1. The van der Waals surface area contributed by atoms with Crippen molar-refractivity contribution < 1.29 is 4.74 Å². The molecule has 4 nitrogen and oxygen atoms in total. The SMILES string of the molecule is COc1cc2[nH]c(=O)c(-c3ccccc3)c(-c3cccc(C#N)c3)c2cc1Br. The second-order valence-corrected chi connectivity index (χ2v) is 7.15. The predicted octanol–water partition coefficient (Wildman–Crippen LogP) is 5.50. The second-order valence-electron chi connectivity index (χ2n) is 6.30. The summed E-state index contributed by atoms with van der Waals surface area (Å²) in [7, 11) is 1.58. The van der Waals surface area contributed by atoms with Gasteiger partial charge in [0.2, 0.25) is 0 Å². The largest absolute Gasteiger partial charge is 0.495 e. The number of pyridine rings is 1. The normalized spacial score (nSPS) is 10.6. The summed E-state index contributed by atoms with van der Waals surface area (Å²) in [6.07, 6.45) is 0. The highest BCUT2D eigenvalue weighted by molar-refractivity contribution is 9.10. The molecule has 1 N–H and O–H groups in total. The lowest BCUT2D eigenvalue weighted by Crippen LogP contribution is -2.11. The molecule has 4 aromatic rings. The van der Waals surface area contributed by atoms with Gasteiger partial charge in [-0.05, 0) is 45.3 Å². The Balaban J connectivity index is 2.18. The van der Waals surface area contributed by atoms with E-state index in [1.807, 2.05) is 48.5 Å². The van der Waals surface area contributed by atoms with Gasteiger partial charge in [-0.3, -0.25) is 4.79 Å². The summed E-state index contributed by atoms with van der Waals surface area (Å²) in [5.74, 6) is 0.632. The first-order chi connectivity index (χ1) is 13.6. The summed E-state index contributed by atoms with van der Waals surface area (Å²) in [4.78, 5) is 16.1. The predicted molar refractivity (Wildman–Crippen MR) is 114 cm³/mol. The fraction of sp³-hybridized carbons (Fsp3) is 0.0435. The smallest absolute Gasteiger partial charge is 0.256 e. The van der Waals surface area contributed by atoms with Gasteiger partial charge in [0, 0.05) is 17.0 Å². The number of benzene rings is 3. The molecule has 4 rings (SSSR count). The second kappa shape index (κ2) is 7.34. The molecule has 5 heteroatoms. The van der Waals surface area contributed by atoms with Gasteiger partial charge in [-0.15, -0.1) is 0 Å². The van der Waals surface area contributed by atoms with E-state index in [2.05, 4.69) is 27.0 Å². The van der Waals surface area contributed by atoms with E-state index in [9.17, 15) is 10.1 Å². The maximum atomic E-state index is 13.1. The van der Waals surface area contributed by atoms with Crippen molar-refractivity contribution in [3.05, 3.63) is 87.1 Å². The summed E-state index contributed by atoms with van der Waals surface area (Å²) >= 11 is 3.54. The zero-order valence-corrected chi connectivity index (χ0v) is 16.6. The van der Waals surface area contributed by atoms with Crippen molar-refractivity contribution in [1.82, 2.24) is 4.98 Å². The third kappa shape index (κ3) is 3.08. The summed E-state index contributed by atoms with van der Waals surface area (Å²) in [6, 6.07) is 22.7. The fourth-order valence-electron chi connectivity index (χ4n) is 3.38. The molecule has 0 fully saturated rings. The van der Waals surface area contributed by atoms with E-state index in [0.29, 0.717) is 22.4 Å². The molecule has 3 aromatic carbocycles. The molecular weight excluding hydrogens is 416 g/mol. The van der Waals surface area contributed by atoms with E-state index in [0.717, 1.165) is 26.5 Å². The van der Waals surface area contributed by atoms with Gasteiger partial charge in [0.05, 0.1) is 34.3 Å². The Morgan fingerprint density at radius 1 is 0.964 bits per heavy atom. The highest BCUT2D eigenvalue weighted by Crippen LogP contribution is 2.39. The van der Waals surface area contributed by atoms with Crippen molar-refractivity contribution in [3.63, 3.8) is 0 Å². The number of H-pyrrole nitrogens is 1. The van der Waals surface area contributed by atoms with Crippen molar-refractivity contribution in [2.45, 2.75) is 0 Å². The number of halogens is 1. The maximum Gasteiger partial charge on any atom is 0.256 e. The number of aromatic amines is 1. The third-order valence-corrected chi connectivity index (χ3v) is 5.25. The molecule has 0 saturated carbocycles. The van der Waals surface area contributed by atoms with Crippen LogP contribution in [-0.4, -0.2) is 12.1 Å². The van der Waals surface area contributed by atoms with Gasteiger partial charge in [-0.1, -0.05) is 42.5 Å². The lowest BCUT2D eigenvalue weighted by atomic mass is 9.91. The van der Waals surface area contributed by atoms with Crippen LogP contribution in [0.2, 0.25) is 0 Å². The Labute approximate surface area is 170 Å². The number of fused-ring (bicyclic) bond motifs is 1. The van der Waals surface area contributed by atoms with Gasteiger partial charge in [-0.25, -0.2) is 0 Å². The lowest BCUT2D eigenvalue weighted by molar-refractivity contribution is 0.412. The van der Waals surface area contributed by atoms with Crippen LogP contribution in [0.15, 0.2) is 76.0 Å². The molecule has 28 heavy (non-hydrogen) atoms. The number of rotatable bonds is 3. The average molecular weight is 431 g/mol. The molecule has 1 aromatic heterocycles. The number of nitrogens with zero attached hydrogens (tertiary/aromatic N) is 1. The molecule has 1 heterocycles. The lowest BCUT2D eigenvalue weighted by Gasteiger charge is -2.15. The van der Waals surface area contributed by atoms with Gasteiger partial charge in [0.25, 0.3) is 5.56 Å². The molecule has 0 aliphatic carbocycles. The fourth-order valence-corrected chi connectivity index (χ4v) is 3.88. The monoisotopic (exact) mass is 430 g/mol. The summed E-state index contributed by atoms with van der Waals surface area (Å²) in [6.45, 7) is 0. The van der Waals surface area contributed by atoms with Gasteiger partial charge in [0.1, 0.15) is 5.75 Å². The molecule has 0 bridgehead atoms. The third-order valence-electron chi connectivity index (χ3n) is 4.63. The number of nitrogens with one attached hydrogen (secondary N) is 1. The highest BCUT2D eigenvalue weighted by atomic mass is 79.9. The van der Waals surface area contributed by atoms with E-state index in [1.54, 1.807) is 25.3 Å². The minimum atomic E-state index is -0.194. The van der Waals surface area contributed by atoms with Gasteiger partial charge < -0.3 is 9.72 Å². The van der Waals surface area contributed by atoms with Crippen LogP contribution in [0.25, 0.3) is 33.2 Å². The van der Waals surface area contributed by atoms with Crippen molar-refractivity contribution in [3.8, 4) is 34.1 Å². The Morgan fingerprint density at radius 2 is 1.71 bits per heavy atom. The van der Waals surface area contributed by atoms with Crippen LogP contribution in [0.1, 0.15) is 5.56 Å². The maximum absolute atomic E-state index is 13.1. The number of hydrogen-bond acceptors (Lipinski definition) is 3.